The SMILES string of the molecule is CC(C)(Cl)[SiH](c1ccccc1)C(F)(F)F. The molecule has 1 aromatic carbocycles. The van der Waals surface area contributed by atoms with Crippen LogP contribution in [0.15, 0.2) is 30.3 Å². The molecule has 1 rings (SSSR count). The second-order valence-corrected chi connectivity index (χ2v) is 8.92. The third-order valence-corrected chi connectivity index (χ3v) is 5.88. The summed E-state index contributed by atoms with van der Waals surface area (Å²) in [5.74, 6) is -4.19. The van der Waals surface area contributed by atoms with Crippen molar-refractivity contribution in [3.63, 3.8) is 0 Å². The van der Waals surface area contributed by atoms with E-state index in [1.807, 2.05) is 0 Å². The summed E-state index contributed by atoms with van der Waals surface area (Å²) in [5, 5.41) is 0.338. The molecule has 0 fully saturated rings. The Bertz CT molecular complexity index is 302. The Morgan fingerprint density at radius 1 is 1.07 bits per heavy atom. The molecule has 0 aliphatic rings. The molecule has 0 amide bonds. The molecule has 0 heterocycles. The van der Waals surface area contributed by atoms with Gasteiger partial charge in [0.25, 0.3) is 0 Å². The van der Waals surface area contributed by atoms with E-state index in [9.17, 15) is 13.2 Å². The Balaban J connectivity index is 3.15. The maximum absolute atomic E-state index is 12.9. The summed E-state index contributed by atoms with van der Waals surface area (Å²) < 4.78 is 37.4. The summed E-state index contributed by atoms with van der Waals surface area (Å²) in [7, 11) is -3.20. The van der Waals surface area contributed by atoms with Gasteiger partial charge in [0.2, 0.25) is 8.80 Å². The molecule has 84 valence electrons. The molecule has 1 unspecified atom stereocenters. The third-order valence-electron chi connectivity index (χ3n) is 2.15. The quantitative estimate of drug-likeness (QED) is 0.561. The van der Waals surface area contributed by atoms with Crippen molar-refractivity contribution in [3.8, 4) is 0 Å². The van der Waals surface area contributed by atoms with Crippen molar-refractivity contribution in [2.75, 3.05) is 0 Å². The lowest BCUT2D eigenvalue weighted by atomic mass is 10.4. The van der Waals surface area contributed by atoms with Gasteiger partial charge in [0.1, 0.15) is 0 Å². The molecule has 0 N–H and O–H groups in total. The first kappa shape index (κ1) is 12.6. The van der Waals surface area contributed by atoms with Crippen LogP contribution >= 0.6 is 11.6 Å². The van der Waals surface area contributed by atoms with Crippen molar-refractivity contribution < 1.29 is 13.2 Å². The van der Waals surface area contributed by atoms with Crippen molar-refractivity contribution in [2.24, 2.45) is 0 Å². The molecule has 0 spiro atoms. The molecule has 0 saturated carbocycles. The summed E-state index contributed by atoms with van der Waals surface area (Å²) in [4.78, 5) is 0. The average molecular weight is 253 g/mol. The molecule has 1 atom stereocenters. The van der Waals surface area contributed by atoms with Crippen LogP contribution in [-0.2, 0) is 0 Å². The van der Waals surface area contributed by atoms with Crippen molar-refractivity contribution in [2.45, 2.75) is 24.1 Å². The summed E-state index contributed by atoms with van der Waals surface area (Å²) >= 11 is 5.86. The van der Waals surface area contributed by atoms with Crippen molar-refractivity contribution in [3.05, 3.63) is 30.3 Å². The predicted molar refractivity (Wildman–Crippen MR) is 59.2 cm³/mol. The number of halogens is 4. The fourth-order valence-corrected chi connectivity index (χ4v) is 4.93. The molecule has 1 aromatic rings. The van der Waals surface area contributed by atoms with Gasteiger partial charge in [-0.2, -0.15) is 13.2 Å². The van der Waals surface area contributed by atoms with Crippen molar-refractivity contribution in [1.82, 2.24) is 0 Å². The first-order valence-electron chi connectivity index (χ1n) is 4.53. The minimum Gasteiger partial charge on any atom is -0.177 e. The van der Waals surface area contributed by atoms with E-state index in [-0.39, 0.29) is 0 Å². The predicted octanol–water partition coefficient (Wildman–Crippen LogP) is 2.78. The first-order chi connectivity index (χ1) is 6.73. The minimum atomic E-state index is -4.19. The van der Waals surface area contributed by atoms with Gasteiger partial charge in [-0.3, -0.25) is 0 Å². The van der Waals surface area contributed by atoms with Gasteiger partial charge in [0, 0.05) is 4.50 Å². The van der Waals surface area contributed by atoms with Gasteiger partial charge >= 0.3 is 5.80 Å². The van der Waals surface area contributed by atoms with E-state index in [0.29, 0.717) is 5.19 Å². The Kier molecular flexibility index (Phi) is 3.50. The van der Waals surface area contributed by atoms with Gasteiger partial charge in [-0.1, -0.05) is 35.5 Å². The Morgan fingerprint density at radius 2 is 1.53 bits per heavy atom. The summed E-state index contributed by atoms with van der Waals surface area (Å²) in [6.07, 6.45) is 0. The summed E-state index contributed by atoms with van der Waals surface area (Å²) in [6.45, 7) is 2.87. The highest BCUT2D eigenvalue weighted by atomic mass is 35.5. The molecule has 0 aliphatic heterocycles. The highest BCUT2D eigenvalue weighted by Gasteiger charge is 2.50. The van der Waals surface area contributed by atoms with Crippen molar-refractivity contribution in [1.29, 1.82) is 0 Å². The van der Waals surface area contributed by atoms with Crippen LogP contribution in [0.3, 0.4) is 0 Å². The zero-order valence-electron chi connectivity index (χ0n) is 8.48. The molecule has 0 nitrogen and oxygen atoms in total. The van der Waals surface area contributed by atoms with E-state index in [0.717, 1.165) is 0 Å². The van der Waals surface area contributed by atoms with E-state index in [1.165, 1.54) is 26.0 Å². The summed E-state index contributed by atoms with van der Waals surface area (Å²) in [5.41, 5.74) is 0. The topological polar surface area (TPSA) is 0 Å². The van der Waals surface area contributed by atoms with Crippen LogP contribution in [0.1, 0.15) is 13.8 Å². The number of rotatable bonds is 2. The molecule has 15 heavy (non-hydrogen) atoms. The molecule has 0 aliphatic carbocycles. The lowest BCUT2D eigenvalue weighted by Gasteiger charge is -2.29. The monoisotopic (exact) mass is 252 g/mol. The maximum atomic E-state index is 12.9. The van der Waals surface area contributed by atoms with E-state index < -0.39 is 19.1 Å². The molecule has 0 bridgehead atoms. The Hall–Kier alpha value is -0.483. The van der Waals surface area contributed by atoms with Gasteiger partial charge in [0.15, 0.2) is 0 Å². The Morgan fingerprint density at radius 3 is 1.87 bits per heavy atom. The van der Waals surface area contributed by atoms with Gasteiger partial charge in [0.05, 0.1) is 0 Å². The minimum absolute atomic E-state index is 0.338. The highest BCUT2D eigenvalue weighted by Crippen LogP contribution is 2.30. The molecular formula is C10H12ClF3Si. The van der Waals surface area contributed by atoms with E-state index >= 15 is 0 Å². The van der Waals surface area contributed by atoms with Crippen molar-refractivity contribution >= 4 is 25.6 Å². The van der Waals surface area contributed by atoms with E-state index in [4.69, 9.17) is 11.6 Å². The van der Waals surface area contributed by atoms with E-state index in [2.05, 4.69) is 0 Å². The second-order valence-electron chi connectivity index (χ2n) is 3.95. The van der Waals surface area contributed by atoms with Gasteiger partial charge in [-0.05, 0) is 13.8 Å². The molecule has 0 saturated heterocycles. The zero-order valence-corrected chi connectivity index (χ0v) is 10.4. The molecule has 0 aromatic heterocycles. The normalized spacial score (nSPS) is 15.1. The van der Waals surface area contributed by atoms with Crippen LogP contribution < -0.4 is 5.19 Å². The fraction of sp³-hybridized carbons (Fsp3) is 0.400. The number of benzene rings is 1. The smallest absolute Gasteiger partial charge is 0.177 e. The largest absolute Gasteiger partial charge is 0.364 e. The van der Waals surface area contributed by atoms with Crippen LogP contribution in [0.5, 0.6) is 0 Å². The van der Waals surface area contributed by atoms with E-state index in [1.54, 1.807) is 18.2 Å². The van der Waals surface area contributed by atoms with Crippen LogP contribution in [-0.4, -0.2) is 19.1 Å². The molecular weight excluding hydrogens is 241 g/mol. The lowest BCUT2D eigenvalue weighted by Crippen LogP contribution is -2.56. The maximum Gasteiger partial charge on any atom is 0.364 e. The molecule has 0 radical (unpaired) electrons. The lowest BCUT2D eigenvalue weighted by molar-refractivity contribution is -0.0515. The fourth-order valence-electron chi connectivity index (χ4n) is 1.62. The van der Waals surface area contributed by atoms with Crippen LogP contribution in [0, 0.1) is 0 Å². The van der Waals surface area contributed by atoms with Crippen LogP contribution in [0.2, 0.25) is 0 Å². The number of hydrogen-bond acceptors (Lipinski definition) is 0. The van der Waals surface area contributed by atoms with Gasteiger partial charge in [-0.25, -0.2) is 0 Å². The molecule has 5 heteroatoms. The van der Waals surface area contributed by atoms with Crippen LogP contribution in [0.4, 0.5) is 13.2 Å². The summed E-state index contributed by atoms with van der Waals surface area (Å²) in [6, 6.07) is 7.95. The van der Waals surface area contributed by atoms with Gasteiger partial charge in [-0.15, -0.1) is 11.6 Å². The Labute approximate surface area is 93.7 Å². The number of hydrogen-bond donors (Lipinski definition) is 0. The van der Waals surface area contributed by atoms with Crippen LogP contribution in [0.25, 0.3) is 0 Å². The third kappa shape index (κ3) is 3.24. The average Bonchev–Trinajstić information content (AvgIpc) is 2.00. The first-order valence-corrected chi connectivity index (χ1v) is 6.64. The second kappa shape index (κ2) is 4.18. The zero-order chi connectivity index (χ0) is 11.7. The highest BCUT2D eigenvalue weighted by molar-refractivity contribution is 6.84. The standard InChI is InChI=1S/C10H12ClF3Si/c1-9(2,11)15(10(12,13)14)8-6-4-3-5-7-8/h3-7,15H,1-2H3. The number of alkyl halides is 4. The van der Waals surface area contributed by atoms with Gasteiger partial charge < -0.3 is 0 Å².